The molecule has 1 aliphatic carbocycles. The van der Waals surface area contributed by atoms with Gasteiger partial charge in [0, 0.05) is 35.4 Å². The molecule has 0 N–H and O–H groups in total. The van der Waals surface area contributed by atoms with Crippen LogP contribution in [-0.4, -0.2) is 0 Å². The van der Waals surface area contributed by atoms with Crippen LogP contribution in [-0.2, 0) is 14.1 Å². The van der Waals surface area contributed by atoms with Crippen molar-refractivity contribution in [3.63, 3.8) is 0 Å². The Morgan fingerprint density at radius 2 is 1.38 bits per heavy atom. The molecular formula is C32H36N2+2. The molecule has 4 aromatic rings. The Bertz CT molecular complexity index is 1330. The van der Waals surface area contributed by atoms with Crippen LogP contribution in [0.4, 0.5) is 0 Å². The topological polar surface area (TPSA) is 7.76 Å². The van der Waals surface area contributed by atoms with Crippen LogP contribution in [0.3, 0.4) is 0 Å². The average molecular weight is 449 g/mol. The number of benzene rings is 2. The van der Waals surface area contributed by atoms with Crippen LogP contribution in [0.5, 0.6) is 0 Å². The number of rotatable bonds is 4. The second-order valence-electron chi connectivity index (χ2n) is 10.00. The molecule has 2 nitrogen and oxygen atoms in total. The van der Waals surface area contributed by atoms with Crippen molar-refractivity contribution in [2.45, 2.75) is 51.9 Å². The van der Waals surface area contributed by atoms with Crippen molar-refractivity contribution in [2.75, 3.05) is 0 Å². The molecule has 0 spiro atoms. The van der Waals surface area contributed by atoms with Gasteiger partial charge in [0.15, 0.2) is 12.4 Å². The minimum atomic E-state index is 0.746. The van der Waals surface area contributed by atoms with Gasteiger partial charge in [-0.15, -0.1) is 0 Å². The van der Waals surface area contributed by atoms with Crippen molar-refractivity contribution in [3.05, 3.63) is 95.8 Å². The Balaban J connectivity index is 1.55. The Hall–Kier alpha value is -3.26. The average Bonchev–Trinajstić information content (AvgIpc) is 2.86. The summed E-state index contributed by atoms with van der Waals surface area (Å²) in [5.74, 6) is 0.746. The van der Waals surface area contributed by atoms with Gasteiger partial charge < -0.3 is 0 Å². The SMILES string of the molecule is Cc1cc(C2CCCCC2)ccc1-c1cc[n+](C)c(-c2cccc(-c3cccc[n+]3C)c2C)c1. The maximum absolute atomic E-state index is 2.44. The molecule has 34 heavy (non-hydrogen) atoms. The predicted octanol–water partition coefficient (Wildman–Crippen LogP) is 7.00. The fourth-order valence-corrected chi connectivity index (χ4v) is 5.70. The molecule has 0 radical (unpaired) electrons. The lowest BCUT2D eigenvalue weighted by molar-refractivity contribution is -0.660. The maximum Gasteiger partial charge on any atom is 0.213 e. The van der Waals surface area contributed by atoms with Gasteiger partial charge in [-0.05, 0) is 78.6 Å². The van der Waals surface area contributed by atoms with E-state index >= 15 is 0 Å². The van der Waals surface area contributed by atoms with Gasteiger partial charge in [0.2, 0.25) is 11.4 Å². The van der Waals surface area contributed by atoms with Crippen molar-refractivity contribution in [2.24, 2.45) is 14.1 Å². The number of nitrogens with zero attached hydrogens (tertiary/aromatic N) is 2. The van der Waals surface area contributed by atoms with Crippen molar-refractivity contribution in [3.8, 4) is 33.6 Å². The van der Waals surface area contributed by atoms with E-state index in [1.807, 2.05) is 0 Å². The standard InChI is InChI=1S/C32H36N2/c1-23-21-26(25-11-6-5-7-12-25)16-17-28(23)27-18-20-34(4)32(22-27)30-14-10-13-29(24(30)2)31-15-8-9-19-33(31)3/h8-10,13-22,25H,5-7,11-12H2,1-4H3/q+2. The molecule has 0 atom stereocenters. The summed E-state index contributed by atoms with van der Waals surface area (Å²) >= 11 is 0. The van der Waals surface area contributed by atoms with Crippen LogP contribution < -0.4 is 9.13 Å². The highest BCUT2D eigenvalue weighted by Gasteiger charge is 2.21. The minimum Gasteiger partial charge on any atom is -0.201 e. The fraction of sp³-hybridized carbons (Fsp3) is 0.312. The summed E-state index contributed by atoms with van der Waals surface area (Å²) in [5.41, 5.74) is 11.9. The van der Waals surface area contributed by atoms with Gasteiger partial charge in [-0.2, -0.15) is 0 Å². The Morgan fingerprint density at radius 1 is 0.647 bits per heavy atom. The van der Waals surface area contributed by atoms with Gasteiger partial charge >= 0.3 is 0 Å². The number of aromatic nitrogens is 2. The highest BCUT2D eigenvalue weighted by atomic mass is 14.9. The largest absolute Gasteiger partial charge is 0.213 e. The van der Waals surface area contributed by atoms with E-state index in [1.165, 1.54) is 82.4 Å². The van der Waals surface area contributed by atoms with Gasteiger partial charge in [-0.1, -0.05) is 43.5 Å². The number of hydrogen-bond acceptors (Lipinski definition) is 0. The van der Waals surface area contributed by atoms with E-state index in [1.54, 1.807) is 0 Å². The Labute approximate surface area is 204 Å². The van der Waals surface area contributed by atoms with Crippen LogP contribution in [0, 0.1) is 13.8 Å². The molecule has 0 amide bonds. The first-order chi connectivity index (χ1) is 16.5. The molecule has 0 aliphatic heterocycles. The molecule has 2 aromatic carbocycles. The monoisotopic (exact) mass is 448 g/mol. The summed E-state index contributed by atoms with van der Waals surface area (Å²) < 4.78 is 4.44. The van der Waals surface area contributed by atoms with Gasteiger partial charge in [0.05, 0.1) is 0 Å². The zero-order valence-electron chi connectivity index (χ0n) is 21.0. The minimum absolute atomic E-state index is 0.746. The number of hydrogen-bond donors (Lipinski definition) is 0. The lowest BCUT2D eigenvalue weighted by Gasteiger charge is -2.23. The van der Waals surface area contributed by atoms with Crippen LogP contribution >= 0.6 is 0 Å². The Morgan fingerprint density at radius 3 is 2.12 bits per heavy atom. The summed E-state index contributed by atoms with van der Waals surface area (Å²) in [6, 6.07) is 24.8. The molecule has 5 rings (SSSR count). The molecule has 2 aromatic heterocycles. The predicted molar refractivity (Wildman–Crippen MR) is 140 cm³/mol. The summed E-state index contributed by atoms with van der Waals surface area (Å²) in [6.45, 7) is 4.52. The zero-order valence-corrected chi connectivity index (χ0v) is 21.0. The van der Waals surface area contributed by atoms with Crippen LogP contribution in [0.25, 0.3) is 33.6 Å². The third-order valence-electron chi connectivity index (χ3n) is 7.73. The molecule has 172 valence electrons. The van der Waals surface area contributed by atoms with Gasteiger partial charge in [0.1, 0.15) is 14.1 Å². The first kappa shape index (κ1) is 22.5. The van der Waals surface area contributed by atoms with E-state index < -0.39 is 0 Å². The highest BCUT2D eigenvalue weighted by molar-refractivity contribution is 5.76. The second kappa shape index (κ2) is 9.54. The van der Waals surface area contributed by atoms with E-state index in [0.717, 1.165) is 5.92 Å². The molecule has 2 heteroatoms. The van der Waals surface area contributed by atoms with Gasteiger partial charge in [-0.25, -0.2) is 9.13 Å². The van der Waals surface area contributed by atoms with Crippen molar-refractivity contribution < 1.29 is 9.13 Å². The molecule has 1 saturated carbocycles. The van der Waals surface area contributed by atoms with Crippen molar-refractivity contribution in [1.82, 2.24) is 0 Å². The summed E-state index contributed by atoms with van der Waals surface area (Å²) in [7, 11) is 4.26. The first-order valence-electron chi connectivity index (χ1n) is 12.7. The lowest BCUT2D eigenvalue weighted by atomic mass is 9.83. The maximum atomic E-state index is 2.44. The van der Waals surface area contributed by atoms with E-state index in [2.05, 4.69) is 116 Å². The molecule has 1 fully saturated rings. The first-order valence-corrected chi connectivity index (χ1v) is 12.7. The van der Waals surface area contributed by atoms with E-state index in [4.69, 9.17) is 0 Å². The van der Waals surface area contributed by atoms with Crippen molar-refractivity contribution in [1.29, 1.82) is 0 Å². The summed E-state index contributed by atoms with van der Waals surface area (Å²) in [6.07, 6.45) is 11.2. The number of pyridine rings is 2. The van der Waals surface area contributed by atoms with Crippen LogP contribution in [0.15, 0.2) is 79.1 Å². The zero-order chi connectivity index (χ0) is 23.7. The molecule has 0 unspecified atom stereocenters. The molecule has 0 saturated heterocycles. The van der Waals surface area contributed by atoms with Crippen LogP contribution in [0.2, 0.25) is 0 Å². The van der Waals surface area contributed by atoms with E-state index in [-0.39, 0.29) is 0 Å². The van der Waals surface area contributed by atoms with E-state index in [9.17, 15) is 0 Å². The third kappa shape index (κ3) is 4.30. The summed E-state index contributed by atoms with van der Waals surface area (Å²) in [4.78, 5) is 0. The second-order valence-corrected chi connectivity index (χ2v) is 10.00. The van der Waals surface area contributed by atoms with Crippen molar-refractivity contribution >= 4 is 0 Å². The van der Waals surface area contributed by atoms with Gasteiger partial charge in [0.25, 0.3) is 0 Å². The molecule has 0 bridgehead atoms. The normalized spacial score (nSPS) is 14.4. The molecular weight excluding hydrogens is 412 g/mol. The van der Waals surface area contributed by atoms with Gasteiger partial charge in [-0.3, -0.25) is 0 Å². The molecule has 1 aliphatic rings. The Kier molecular flexibility index (Phi) is 6.32. The third-order valence-corrected chi connectivity index (χ3v) is 7.73. The van der Waals surface area contributed by atoms with E-state index in [0.29, 0.717) is 0 Å². The highest BCUT2D eigenvalue weighted by Crippen LogP contribution is 2.36. The summed E-state index contributed by atoms with van der Waals surface area (Å²) in [5, 5.41) is 0. The quantitative estimate of drug-likeness (QED) is 0.297. The fourth-order valence-electron chi connectivity index (χ4n) is 5.70. The smallest absolute Gasteiger partial charge is 0.201 e. The van der Waals surface area contributed by atoms with Crippen LogP contribution in [0.1, 0.15) is 54.7 Å². The lowest BCUT2D eigenvalue weighted by Crippen LogP contribution is -2.31. The molecule has 2 heterocycles. The number of aryl methyl sites for hydroxylation is 3.